The van der Waals surface area contributed by atoms with Crippen molar-refractivity contribution in [3.8, 4) is 27.4 Å². The highest BCUT2D eigenvalue weighted by atomic mass is 32.1. The lowest BCUT2D eigenvalue weighted by molar-refractivity contribution is 0.415. The highest BCUT2D eigenvalue weighted by Gasteiger charge is 2.32. The molecule has 0 radical (unpaired) electrons. The Morgan fingerprint density at radius 1 is 1.31 bits per heavy atom. The van der Waals surface area contributed by atoms with E-state index in [2.05, 4.69) is 9.97 Å². The van der Waals surface area contributed by atoms with Crippen LogP contribution in [0.4, 0.5) is 4.39 Å². The quantitative estimate of drug-likeness (QED) is 0.556. The van der Waals surface area contributed by atoms with Crippen molar-refractivity contribution in [1.29, 1.82) is 0 Å². The Hall–Kier alpha value is -3.26. The molecule has 0 amide bonds. The molecule has 0 bridgehead atoms. The summed E-state index contributed by atoms with van der Waals surface area (Å²) in [5.74, 6) is -0.357. The van der Waals surface area contributed by atoms with Gasteiger partial charge in [-0.25, -0.2) is 9.18 Å². The summed E-state index contributed by atoms with van der Waals surface area (Å²) in [5.41, 5.74) is 1.33. The fraction of sp³-hybridized carbons (Fsp3) is 0.190. The maximum absolute atomic E-state index is 15.2. The van der Waals surface area contributed by atoms with Crippen LogP contribution in [-0.2, 0) is 0 Å². The topological polar surface area (TPSA) is 76.5 Å². The third-order valence-corrected chi connectivity index (χ3v) is 6.05. The average molecular weight is 409 g/mol. The summed E-state index contributed by atoms with van der Waals surface area (Å²) in [6.45, 7) is 0. The van der Waals surface area contributed by atoms with Gasteiger partial charge in [-0.15, -0.1) is 11.3 Å². The Morgan fingerprint density at radius 3 is 2.83 bits per heavy atom. The van der Waals surface area contributed by atoms with E-state index < -0.39 is 17.1 Å². The predicted molar refractivity (Wildman–Crippen MR) is 109 cm³/mol. The zero-order valence-electron chi connectivity index (χ0n) is 15.4. The van der Waals surface area contributed by atoms with Crippen LogP contribution in [0.2, 0.25) is 0 Å². The first-order chi connectivity index (χ1) is 14.1. The SMILES string of the molecule is COc1c(-c2csc(-c3ccccn3)c2)c(F)cn2c(=O)[nH]c(=O)c(C3CC3)c12. The number of methoxy groups -OCH3 is 1. The van der Waals surface area contributed by atoms with Gasteiger partial charge in [-0.2, -0.15) is 0 Å². The molecule has 0 aromatic carbocycles. The highest BCUT2D eigenvalue weighted by Crippen LogP contribution is 2.45. The minimum Gasteiger partial charge on any atom is -0.494 e. The number of fused-ring (bicyclic) bond motifs is 1. The number of nitrogens with zero attached hydrogens (tertiary/aromatic N) is 2. The largest absolute Gasteiger partial charge is 0.494 e. The number of pyridine rings is 2. The molecule has 1 aliphatic rings. The predicted octanol–water partition coefficient (Wildman–Crippen LogP) is 3.80. The fourth-order valence-electron chi connectivity index (χ4n) is 3.65. The molecule has 1 N–H and O–H groups in total. The fourth-order valence-corrected chi connectivity index (χ4v) is 4.53. The molecule has 0 unspecified atom stereocenters. The first-order valence-electron chi connectivity index (χ1n) is 9.14. The summed E-state index contributed by atoms with van der Waals surface area (Å²) in [7, 11) is 1.42. The van der Waals surface area contributed by atoms with Crippen LogP contribution in [0, 0.1) is 5.82 Å². The summed E-state index contributed by atoms with van der Waals surface area (Å²) in [6, 6.07) is 7.44. The smallest absolute Gasteiger partial charge is 0.333 e. The number of hydrogen-bond donors (Lipinski definition) is 1. The molecule has 0 spiro atoms. The van der Waals surface area contributed by atoms with Crippen LogP contribution >= 0.6 is 11.3 Å². The van der Waals surface area contributed by atoms with Gasteiger partial charge in [-0.1, -0.05) is 6.07 Å². The second-order valence-corrected chi connectivity index (χ2v) is 7.88. The molecule has 4 heterocycles. The van der Waals surface area contributed by atoms with Crippen LogP contribution in [0.3, 0.4) is 0 Å². The van der Waals surface area contributed by atoms with Gasteiger partial charge in [-0.3, -0.25) is 19.2 Å². The van der Waals surface area contributed by atoms with Crippen LogP contribution in [0.15, 0.2) is 51.6 Å². The summed E-state index contributed by atoms with van der Waals surface area (Å²) in [4.78, 5) is 32.3. The van der Waals surface area contributed by atoms with E-state index >= 15 is 4.39 Å². The maximum atomic E-state index is 15.2. The first kappa shape index (κ1) is 17.8. The number of aromatic amines is 1. The van der Waals surface area contributed by atoms with Gasteiger partial charge in [0.1, 0.15) is 5.52 Å². The molecule has 4 aromatic rings. The number of aromatic nitrogens is 3. The van der Waals surface area contributed by atoms with E-state index in [4.69, 9.17) is 4.74 Å². The lowest BCUT2D eigenvalue weighted by atomic mass is 10.0. The van der Waals surface area contributed by atoms with E-state index in [1.165, 1.54) is 18.4 Å². The van der Waals surface area contributed by atoms with Crippen LogP contribution in [-0.4, -0.2) is 21.5 Å². The van der Waals surface area contributed by atoms with Gasteiger partial charge in [-0.05, 0) is 47.9 Å². The van der Waals surface area contributed by atoms with Gasteiger partial charge >= 0.3 is 5.69 Å². The van der Waals surface area contributed by atoms with Crippen LogP contribution in [0.1, 0.15) is 24.3 Å². The van der Waals surface area contributed by atoms with Gasteiger partial charge < -0.3 is 4.74 Å². The number of ether oxygens (including phenoxy) is 1. The summed E-state index contributed by atoms with van der Waals surface area (Å²) in [6.07, 6.45) is 4.53. The minimum atomic E-state index is -0.683. The van der Waals surface area contributed by atoms with Crippen molar-refractivity contribution < 1.29 is 9.13 Å². The molecule has 6 nitrogen and oxygen atoms in total. The number of nitrogens with one attached hydrogen (secondary N) is 1. The van der Waals surface area contributed by atoms with Crippen molar-refractivity contribution in [2.45, 2.75) is 18.8 Å². The second kappa shape index (κ2) is 6.66. The van der Waals surface area contributed by atoms with E-state index in [1.807, 2.05) is 29.6 Å². The molecule has 0 saturated heterocycles. The molecule has 0 atom stereocenters. The van der Waals surface area contributed by atoms with Crippen LogP contribution in [0.5, 0.6) is 5.75 Å². The Morgan fingerprint density at radius 2 is 2.14 bits per heavy atom. The number of thiophene rings is 1. The molecule has 8 heteroatoms. The zero-order valence-corrected chi connectivity index (χ0v) is 16.3. The van der Waals surface area contributed by atoms with Crippen molar-refractivity contribution in [2.24, 2.45) is 0 Å². The Labute approximate surface area is 168 Å². The van der Waals surface area contributed by atoms with Crippen LogP contribution in [0.25, 0.3) is 27.2 Å². The van der Waals surface area contributed by atoms with Crippen molar-refractivity contribution in [1.82, 2.24) is 14.4 Å². The molecule has 1 fully saturated rings. The molecule has 0 aliphatic heterocycles. The highest BCUT2D eigenvalue weighted by molar-refractivity contribution is 7.14. The van der Waals surface area contributed by atoms with E-state index in [9.17, 15) is 9.59 Å². The van der Waals surface area contributed by atoms with Crippen LogP contribution < -0.4 is 16.0 Å². The van der Waals surface area contributed by atoms with Gasteiger partial charge in [0.05, 0.1) is 29.4 Å². The van der Waals surface area contributed by atoms with Crippen molar-refractivity contribution >= 4 is 16.9 Å². The maximum Gasteiger partial charge on any atom is 0.333 e. The van der Waals surface area contributed by atoms with Crippen molar-refractivity contribution in [3.63, 3.8) is 0 Å². The van der Waals surface area contributed by atoms with Crippen molar-refractivity contribution in [2.75, 3.05) is 7.11 Å². The second-order valence-electron chi connectivity index (χ2n) is 6.97. The molecule has 29 heavy (non-hydrogen) atoms. The lowest BCUT2D eigenvalue weighted by Gasteiger charge is -2.15. The van der Waals surface area contributed by atoms with Gasteiger partial charge in [0, 0.05) is 11.8 Å². The summed E-state index contributed by atoms with van der Waals surface area (Å²) < 4.78 is 21.9. The minimum absolute atomic E-state index is 0.0492. The molecule has 1 saturated carbocycles. The molecule has 5 rings (SSSR count). The number of halogens is 1. The summed E-state index contributed by atoms with van der Waals surface area (Å²) in [5, 5.41) is 1.82. The third-order valence-electron chi connectivity index (χ3n) is 5.10. The zero-order chi connectivity index (χ0) is 20.1. The molecule has 4 aromatic heterocycles. The number of hydrogen-bond acceptors (Lipinski definition) is 5. The van der Waals surface area contributed by atoms with E-state index in [1.54, 1.807) is 6.20 Å². The monoisotopic (exact) mass is 409 g/mol. The molecule has 1 aliphatic carbocycles. The van der Waals surface area contributed by atoms with E-state index in [0.717, 1.165) is 34.0 Å². The summed E-state index contributed by atoms with van der Waals surface area (Å²) >= 11 is 1.44. The normalized spacial score (nSPS) is 13.7. The van der Waals surface area contributed by atoms with E-state index in [0.29, 0.717) is 16.6 Å². The Bertz CT molecular complexity index is 1350. The molecular weight excluding hydrogens is 393 g/mol. The molecule has 146 valence electrons. The number of H-pyrrole nitrogens is 1. The van der Waals surface area contributed by atoms with Crippen molar-refractivity contribution in [3.05, 3.63) is 74.3 Å². The van der Waals surface area contributed by atoms with Gasteiger partial charge in [0.15, 0.2) is 11.6 Å². The standard InChI is InChI=1S/C21H16FN3O3S/c1-28-19-16(12-8-15(29-10-12)14-4-2-3-7-23-14)13(22)9-25-18(19)17(11-5-6-11)20(26)24-21(25)27/h2-4,7-11H,5-6H2,1H3,(H,24,26,27). The first-order valence-corrected chi connectivity index (χ1v) is 10.0. The lowest BCUT2D eigenvalue weighted by Crippen LogP contribution is -2.29. The Kier molecular flexibility index (Phi) is 4.09. The Balaban J connectivity index is 1.80. The number of rotatable bonds is 4. The average Bonchev–Trinajstić information content (AvgIpc) is 3.44. The van der Waals surface area contributed by atoms with Gasteiger partial charge in [0.2, 0.25) is 0 Å². The third kappa shape index (κ3) is 2.87. The van der Waals surface area contributed by atoms with Gasteiger partial charge in [0.25, 0.3) is 5.56 Å². The molecular formula is C21H16FN3O3S. The van der Waals surface area contributed by atoms with E-state index in [-0.39, 0.29) is 17.2 Å².